The lowest BCUT2D eigenvalue weighted by Gasteiger charge is -2.30. The van der Waals surface area contributed by atoms with Crippen LogP contribution < -0.4 is 16.0 Å². The normalized spacial score (nSPS) is 14.2. The molecule has 0 saturated carbocycles. The first-order valence-corrected chi connectivity index (χ1v) is 12.1. The Balaban J connectivity index is 1.32. The molecule has 4 aromatic rings. The molecule has 1 aliphatic heterocycles. The van der Waals surface area contributed by atoms with Crippen LogP contribution in [-0.4, -0.2) is 30.5 Å². The van der Waals surface area contributed by atoms with Gasteiger partial charge in [0.25, 0.3) is 5.91 Å². The summed E-state index contributed by atoms with van der Waals surface area (Å²) in [7, 11) is 0. The number of carbonyl (C=O) groups is 1. The number of nitrogens with zero attached hydrogens (tertiary/aromatic N) is 2. The quantitative estimate of drug-likeness (QED) is 0.438. The van der Waals surface area contributed by atoms with Crippen LogP contribution in [0.3, 0.4) is 0 Å². The summed E-state index contributed by atoms with van der Waals surface area (Å²) in [6, 6.07) is 17.0. The highest BCUT2D eigenvalue weighted by molar-refractivity contribution is 7.21. The maximum absolute atomic E-state index is 12.8. The van der Waals surface area contributed by atoms with Crippen molar-refractivity contribution in [3.8, 4) is 0 Å². The number of amides is 1. The molecule has 0 radical (unpaired) electrons. The van der Waals surface area contributed by atoms with Crippen LogP contribution in [0.4, 0.5) is 11.4 Å². The van der Waals surface area contributed by atoms with Gasteiger partial charge in [-0.3, -0.25) is 4.79 Å². The number of benzene rings is 2. The maximum atomic E-state index is 12.8. The van der Waals surface area contributed by atoms with Gasteiger partial charge < -0.3 is 16.0 Å². The largest absolute Gasteiger partial charge is 0.397 e. The summed E-state index contributed by atoms with van der Waals surface area (Å²) in [6.45, 7) is 4.76. The van der Waals surface area contributed by atoms with Crippen molar-refractivity contribution in [2.45, 2.75) is 32.6 Å². The van der Waals surface area contributed by atoms with Crippen LogP contribution in [-0.2, 0) is 6.42 Å². The molecule has 3 heterocycles. The van der Waals surface area contributed by atoms with Crippen molar-refractivity contribution in [1.29, 1.82) is 0 Å². The number of hydrogen-bond acceptors (Lipinski definition) is 5. The lowest BCUT2D eigenvalue weighted by Crippen LogP contribution is -2.29. The molecule has 5 rings (SSSR count). The summed E-state index contributed by atoms with van der Waals surface area (Å²) in [5.41, 5.74) is 10.3. The highest BCUT2D eigenvalue weighted by Gasteiger charge is 2.18. The van der Waals surface area contributed by atoms with Crippen LogP contribution in [0.15, 0.2) is 48.5 Å². The second kappa shape index (κ2) is 8.79. The van der Waals surface area contributed by atoms with Gasteiger partial charge in [0.1, 0.15) is 9.71 Å². The number of hydrogen-bond donors (Lipinski definition) is 2. The van der Waals surface area contributed by atoms with Crippen LogP contribution in [0.2, 0.25) is 0 Å². The van der Waals surface area contributed by atoms with Gasteiger partial charge >= 0.3 is 0 Å². The molecule has 164 valence electrons. The zero-order valence-corrected chi connectivity index (χ0v) is 19.2. The summed E-state index contributed by atoms with van der Waals surface area (Å²) >= 11 is 1.36. The number of carbonyl (C=O) groups excluding carboxylic acids is 1. The zero-order valence-electron chi connectivity index (χ0n) is 18.4. The highest BCUT2D eigenvalue weighted by atomic mass is 32.1. The molecule has 6 heteroatoms. The number of anilines is 2. The van der Waals surface area contributed by atoms with Crippen molar-refractivity contribution in [3.05, 3.63) is 64.7 Å². The molecule has 1 aliphatic rings. The topological polar surface area (TPSA) is 71.2 Å². The second-order valence-corrected chi connectivity index (χ2v) is 9.49. The SMILES string of the molecule is Cc1ccc2c(N)c(C(=O)NCCc3ccc(N4CCCCC4)c4ccccc34)sc2n1. The third-order valence-electron chi connectivity index (χ3n) is 6.31. The smallest absolute Gasteiger partial charge is 0.263 e. The monoisotopic (exact) mass is 444 g/mol. The number of nitrogens with two attached hydrogens (primary N) is 1. The molecule has 0 bridgehead atoms. The molecule has 1 saturated heterocycles. The van der Waals surface area contributed by atoms with E-state index in [2.05, 4.69) is 51.6 Å². The molecule has 3 N–H and O–H groups in total. The standard InChI is InChI=1S/C26H28N4OS/c1-17-9-11-21-23(27)24(32-26(21)29-17)25(31)28-14-13-18-10-12-22(30-15-5-2-6-16-30)20-8-4-3-7-19(18)20/h3-4,7-12H,2,5-6,13-16,27H2,1H3,(H,28,31). The summed E-state index contributed by atoms with van der Waals surface area (Å²) in [5.74, 6) is -0.127. The van der Waals surface area contributed by atoms with Gasteiger partial charge in [0, 0.05) is 41.8 Å². The first-order chi connectivity index (χ1) is 15.6. The van der Waals surface area contributed by atoms with Crippen molar-refractivity contribution < 1.29 is 4.79 Å². The van der Waals surface area contributed by atoms with E-state index >= 15 is 0 Å². The predicted molar refractivity (Wildman–Crippen MR) is 135 cm³/mol. The third kappa shape index (κ3) is 3.91. The van der Waals surface area contributed by atoms with Crippen LogP contribution in [0, 0.1) is 6.92 Å². The summed E-state index contributed by atoms with van der Waals surface area (Å²) in [6.07, 6.45) is 4.62. The molecule has 1 amide bonds. The highest BCUT2D eigenvalue weighted by Crippen LogP contribution is 2.33. The van der Waals surface area contributed by atoms with E-state index in [-0.39, 0.29) is 5.91 Å². The van der Waals surface area contributed by atoms with Crippen molar-refractivity contribution in [1.82, 2.24) is 10.3 Å². The minimum absolute atomic E-state index is 0.127. The number of piperidine rings is 1. The van der Waals surface area contributed by atoms with Crippen LogP contribution >= 0.6 is 11.3 Å². The number of aromatic nitrogens is 1. The molecule has 1 fully saturated rings. The van der Waals surface area contributed by atoms with Gasteiger partial charge in [-0.15, -0.1) is 11.3 Å². The lowest BCUT2D eigenvalue weighted by atomic mass is 9.99. The second-order valence-electron chi connectivity index (χ2n) is 8.49. The van der Waals surface area contributed by atoms with E-state index in [1.807, 2.05) is 19.1 Å². The van der Waals surface area contributed by atoms with Crippen LogP contribution in [0.1, 0.15) is 40.2 Å². The Morgan fingerprint density at radius 1 is 1.03 bits per heavy atom. The first-order valence-electron chi connectivity index (χ1n) is 11.3. The van der Waals surface area contributed by atoms with Crippen molar-refractivity contribution >= 4 is 49.6 Å². The molecule has 2 aromatic carbocycles. The van der Waals surface area contributed by atoms with E-state index in [9.17, 15) is 4.79 Å². The molecular weight excluding hydrogens is 416 g/mol. The van der Waals surface area contributed by atoms with E-state index in [4.69, 9.17) is 5.73 Å². The molecular formula is C26H28N4OS. The zero-order chi connectivity index (χ0) is 22.1. The fraction of sp³-hybridized carbons (Fsp3) is 0.308. The Kier molecular flexibility index (Phi) is 5.70. The molecule has 0 unspecified atom stereocenters. The van der Waals surface area contributed by atoms with Crippen LogP contribution in [0.5, 0.6) is 0 Å². The lowest BCUT2D eigenvalue weighted by molar-refractivity contribution is 0.0959. The fourth-order valence-corrected chi connectivity index (χ4v) is 5.68. The minimum atomic E-state index is -0.127. The predicted octanol–water partition coefficient (Wildman–Crippen LogP) is 5.30. The Morgan fingerprint density at radius 2 is 1.81 bits per heavy atom. The van der Waals surface area contributed by atoms with E-state index < -0.39 is 0 Å². The molecule has 5 nitrogen and oxygen atoms in total. The number of fused-ring (bicyclic) bond motifs is 2. The molecule has 0 atom stereocenters. The Hall–Kier alpha value is -3.12. The van der Waals surface area contributed by atoms with Gasteiger partial charge in [0.15, 0.2) is 0 Å². The van der Waals surface area contributed by atoms with Gasteiger partial charge in [-0.05, 0) is 61.8 Å². The number of rotatable bonds is 5. The number of thiophene rings is 1. The van der Waals surface area contributed by atoms with E-state index in [0.717, 1.165) is 35.4 Å². The van der Waals surface area contributed by atoms with Crippen molar-refractivity contribution in [2.75, 3.05) is 30.3 Å². The van der Waals surface area contributed by atoms with E-state index in [1.165, 1.54) is 52.6 Å². The maximum Gasteiger partial charge on any atom is 0.263 e. The van der Waals surface area contributed by atoms with E-state index in [1.54, 1.807) is 0 Å². The van der Waals surface area contributed by atoms with Gasteiger partial charge in [-0.1, -0.05) is 30.3 Å². The number of pyridine rings is 1. The molecule has 0 aliphatic carbocycles. The minimum Gasteiger partial charge on any atom is -0.397 e. The van der Waals surface area contributed by atoms with Gasteiger partial charge in [0.2, 0.25) is 0 Å². The number of nitrogen functional groups attached to an aromatic ring is 1. The number of aryl methyl sites for hydroxylation is 1. The third-order valence-corrected chi connectivity index (χ3v) is 7.42. The average Bonchev–Trinajstić information content (AvgIpc) is 3.15. The van der Waals surface area contributed by atoms with Gasteiger partial charge in [-0.2, -0.15) is 0 Å². The summed E-state index contributed by atoms with van der Waals surface area (Å²) < 4.78 is 0. The fourth-order valence-electron chi connectivity index (χ4n) is 4.62. The summed E-state index contributed by atoms with van der Waals surface area (Å²) in [5, 5.41) is 6.48. The Bertz CT molecular complexity index is 1290. The van der Waals surface area contributed by atoms with Gasteiger partial charge in [0.05, 0.1) is 5.69 Å². The van der Waals surface area contributed by atoms with Gasteiger partial charge in [-0.25, -0.2) is 4.98 Å². The molecule has 2 aromatic heterocycles. The molecule has 0 spiro atoms. The van der Waals surface area contributed by atoms with E-state index in [0.29, 0.717) is 17.1 Å². The summed E-state index contributed by atoms with van der Waals surface area (Å²) in [4.78, 5) is 21.2. The first kappa shape index (κ1) is 20.8. The Labute approximate surface area is 192 Å². The number of nitrogens with one attached hydrogen (secondary N) is 1. The van der Waals surface area contributed by atoms with Crippen LogP contribution in [0.25, 0.3) is 21.0 Å². The van der Waals surface area contributed by atoms with Crippen molar-refractivity contribution in [2.24, 2.45) is 0 Å². The Morgan fingerprint density at radius 3 is 2.62 bits per heavy atom. The van der Waals surface area contributed by atoms with Crippen molar-refractivity contribution in [3.63, 3.8) is 0 Å². The molecule has 32 heavy (non-hydrogen) atoms. The average molecular weight is 445 g/mol.